The molecule has 1 saturated carbocycles. The van der Waals surface area contributed by atoms with Gasteiger partial charge in [0.25, 0.3) is 0 Å². The van der Waals surface area contributed by atoms with Crippen LogP contribution in [0.4, 0.5) is 0 Å². The molecule has 5 heteroatoms. The van der Waals surface area contributed by atoms with Crippen LogP contribution in [0.3, 0.4) is 0 Å². The number of methoxy groups -OCH3 is 1. The van der Waals surface area contributed by atoms with Crippen LogP contribution in [-0.2, 0) is 9.84 Å². The summed E-state index contributed by atoms with van der Waals surface area (Å²) < 4.78 is 29.0. The van der Waals surface area contributed by atoms with Crippen molar-refractivity contribution >= 4 is 9.84 Å². The van der Waals surface area contributed by atoms with Crippen LogP contribution >= 0.6 is 0 Å². The maximum absolute atomic E-state index is 11.8. The Kier molecular flexibility index (Phi) is 4.70. The van der Waals surface area contributed by atoms with Gasteiger partial charge in [0.1, 0.15) is 5.75 Å². The lowest BCUT2D eigenvalue weighted by molar-refractivity contribution is 0.393. The predicted molar refractivity (Wildman–Crippen MR) is 80.8 cm³/mol. The first-order valence-electron chi connectivity index (χ1n) is 7.01. The van der Waals surface area contributed by atoms with Gasteiger partial charge in [-0.3, -0.25) is 0 Å². The lowest BCUT2D eigenvalue weighted by atomic mass is 10.1. The highest BCUT2D eigenvalue weighted by molar-refractivity contribution is 7.91. The van der Waals surface area contributed by atoms with E-state index in [1.807, 2.05) is 24.3 Å². The minimum absolute atomic E-state index is 0.0323. The molecule has 0 aromatic heterocycles. The molecule has 0 radical (unpaired) electrons. The monoisotopic (exact) mass is 297 g/mol. The van der Waals surface area contributed by atoms with E-state index in [-0.39, 0.29) is 17.3 Å². The van der Waals surface area contributed by atoms with Crippen molar-refractivity contribution in [3.8, 4) is 5.75 Å². The molecule has 1 fully saturated rings. The van der Waals surface area contributed by atoms with Gasteiger partial charge >= 0.3 is 0 Å². The van der Waals surface area contributed by atoms with Crippen LogP contribution in [0.2, 0.25) is 0 Å². The second-order valence-electron chi connectivity index (χ2n) is 5.54. The Morgan fingerprint density at radius 3 is 2.65 bits per heavy atom. The summed E-state index contributed by atoms with van der Waals surface area (Å²) >= 11 is 0. The molecule has 4 nitrogen and oxygen atoms in total. The summed E-state index contributed by atoms with van der Waals surface area (Å²) in [5.41, 5.74) is 1.06. The van der Waals surface area contributed by atoms with Gasteiger partial charge in [0.2, 0.25) is 0 Å². The molecule has 0 amide bonds. The number of para-hydroxylation sites is 1. The van der Waals surface area contributed by atoms with Crippen molar-refractivity contribution in [3.63, 3.8) is 0 Å². The Balaban J connectivity index is 2.13. The Bertz CT molecular complexity index is 556. The molecule has 20 heavy (non-hydrogen) atoms. The van der Waals surface area contributed by atoms with Crippen LogP contribution in [0.5, 0.6) is 5.75 Å². The van der Waals surface area contributed by atoms with E-state index in [0.29, 0.717) is 0 Å². The van der Waals surface area contributed by atoms with Crippen LogP contribution in [0.25, 0.3) is 0 Å². The molecular weight excluding hydrogens is 274 g/mol. The molecule has 0 bridgehead atoms. The summed E-state index contributed by atoms with van der Waals surface area (Å²) in [6.45, 7) is 2.05. The number of rotatable bonds is 5. The first kappa shape index (κ1) is 15.3. The van der Waals surface area contributed by atoms with Gasteiger partial charge in [-0.25, -0.2) is 8.42 Å². The number of benzene rings is 1. The number of ether oxygens (including phenoxy) is 1. The number of hydrogen-bond donors (Lipinski definition) is 1. The third kappa shape index (κ3) is 3.33. The summed E-state index contributed by atoms with van der Waals surface area (Å²) in [7, 11) is -1.34. The van der Waals surface area contributed by atoms with Crippen molar-refractivity contribution in [3.05, 3.63) is 29.8 Å². The lowest BCUT2D eigenvalue weighted by Crippen LogP contribution is -2.41. The SMILES string of the molecule is COc1ccccc1[C@H](C)NC1CCCC1S(C)(=O)=O. The van der Waals surface area contributed by atoms with Crippen LogP contribution in [0.1, 0.15) is 37.8 Å². The largest absolute Gasteiger partial charge is 0.496 e. The smallest absolute Gasteiger partial charge is 0.151 e. The van der Waals surface area contributed by atoms with Crippen molar-refractivity contribution in [2.45, 2.75) is 43.5 Å². The molecule has 1 N–H and O–H groups in total. The third-order valence-corrected chi connectivity index (χ3v) is 5.74. The summed E-state index contributed by atoms with van der Waals surface area (Å²) in [6, 6.07) is 7.95. The zero-order valence-electron chi connectivity index (χ0n) is 12.3. The molecule has 0 saturated heterocycles. The van der Waals surface area contributed by atoms with E-state index in [1.165, 1.54) is 6.26 Å². The minimum atomic E-state index is -2.99. The van der Waals surface area contributed by atoms with Crippen LogP contribution in [-0.4, -0.2) is 33.1 Å². The van der Waals surface area contributed by atoms with E-state index >= 15 is 0 Å². The first-order valence-corrected chi connectivity index (χ1v) is 8.96. The molecule has 1 aromatic carbocycles. The Morgan fingerprint density at radius 1 is 1.30 bits per heavy atom. The van der Waals surface area contributed by atoms with E-state index in [4.69, 9.17) is 4.74 Å². The average Bonchev–Trinajstić information content (AvgIpc) is 2.86. The van der Waals surface area contributed by atoms with E-state index < -0.39 is 9.84 Å². The van der Waals surface area contributed by atoms with Crippen LogP contribution in [0.15, 0.2) is 24.3 Å². The molecule has 0 heterocycles. The Hall–Kier alpha value is -1.07. The molecule has 2 rings (SSSR count). The predicted octanol–water partition coefficient (Wildman–Crippen LogP) is 2.31. The van der Waals surface area contributed by atoms with E-state index in [9.17, 15) is 8.42 Å². The van der Waals surface area contributed by atoms with Crippen molar-refractivity contribution < 1.29 is 13.2 Å². The van der Waals surface area contributed by atoms with E-state index in [0.717, 1.165) is 30.6 Å². The molecule has 3 atom stereocenters. The van der Waals surface area contributed by atoms with Crippen LogP contribution in [0, 0.1) is 0 Å². The zero-order chi connectivity index (χ0) is 14.8. The standard InChI is InChI=1S/C15H23NO3S/c1-11(12-7-4-5-9-14(12)19-2)16-13-8-6-10-15(13)20(3,17)18/h4-5,7,9,11,13,15-16H,6,8,10H2,1-3H3/t11-,13?,15?/m0/s1. The highest BCUT2D eigenvalue weighted by Crippen LogP contribution is 2.30. The highest BCUT2D eigenvalue weighted by Gasteiger charge is 2.35. The summed E-state index contributed by atoms with van der Waals surface area (Å²) in [4.78, 5) is 0. The zero-order valence-corrected chi connectivity index (χ0v) is 13.1. The van der Waals surface area contributed by atoms with Crippen LogP contribution < -0.4 is 10.1 Å². The fraction of sp³-hybridized carbons (Fsp3) is 0.600. The fourth-order valence-electron chi connectivity index (χ4n) is 3.06. The number of sulfone groups is 1. The maximum Gasteiger partial charge on any atom is 0.151 e. The molecule has 2 unspecified atom stereocenters. The topological polar surface area (TPSA) is 55.4 Å². The molecule has 112 valence electrons. The summed E-state index contributed by atoms with van der Waals surface area (Å²) in [5.74, 6) is 0.835. The minimum Gasteiger partial charge on any atom is -0.496 e. The van der Waals surface area contributed by atoms with Crippen molar-refractivity contribution in [1.29, 1.82) is 0 Å². The fourth-order valence-corrected chi connectivity index (χ4v) is 4.47. The lowest BCUT2D eigenvalue weighted by Gasteiger charge is -2.25. The molecular formula is C15H23NO3S. The van der Waals surface area contributed by atoms with E-state index in [1.54, 1.807) is 7.11 Å². The summed E-state index contributed by atoms with van der Waals surface area (Å²) in [6.07, 6.45) is 3.98. The van der Waals surface area contributed by atoms with Crippen molar-refractivity contribution in [1.82, 2.24) is 5.32 Å². The number of nitrogens with one attached hydrogen (secondary N) is 1. The van der Waals surface area contributed by atoms with Gasteiger partial charge in [-0.2, -0.15) is 0 Å². The normalized spacial score (nSPS) is 24.6. The van der Waals surface area contributed by atoms with Gasteiger partial charge < -0.3 is 10.1 Å². The maximum atomic E-state index is 11.8. The first-order chi connectivity index (χ1) is 9.43. The van der Waals surface area contributed by atoms with Crippen molar-refractivity contribution in [2.24, 2.45) is 0 Å². The Morgan fingerprint density at radius 2 is 2.00 bits per heavy atom. The molecule has 0 spiro atoms. The van der Waals surface area contributed by atoms with E-state index in [2.05, 4.69) is 12.2 Å². The van der Waals surface area contributed by atoms with Gasteiger partial charge in [-0.15, -0.1) is 0 Å². The third-order valence-electron chi connectivity index (χ3n) is 4.07. The Labute approximate surface area is 121 Å². The second-order valence-corrected chi connectivity index (χ2v) is 7.80. The quantitative estimate of drug-likeness (QED) is 0.906. The highest BCUT2D eigenvalue weighted by atomic mass is 32.2. The molecule has 1 aliphatic rings. The van der Waals surface area contributed by atoms with Gasteiger partial charge in [-0.1, -0.05) is 24.6 Å². The van der Waals surface area contributed by atoms with Gasteiger partial charge in [-0.05, 0) is 25.8 Å². The summed E-state index contributed by atoms with van der Waals surface area (Å²) in [5, 5.41) is 3.20. The molecule has 0 aliphatic heterocycles. The van der Waals surface area contributed by atoms with Crippen molar-refractivity contribution in [2.75, 3.05) is 13.4 Å². The average molecular weight is 297 g/mol. The number of hydrogen-bond acceptors (Lipinski definition) is 4. The van der Waals surface area contributed by atoms with Gasteiger partial charge in [0.15, 0.2) is 9.84 Å². The molecule has 1 aliphatic carbocycles. The van der Waals surface area contributed by atoms with Gasteiger partial charge in [0.05, 0.1) is 12.4 Å². The van der Waals surface area contributed by atoms with Gasteiger partial charge in [0, 0.05) is 23.9 Å². The second kappa shape index (κ2) is 6.14. The molecule has 1 aromatic rings.